The van der Waals surface area contributed by atoms with Crippen molar-refractivity contribution < 1.29 is 14.0 Å². The number of aryl methyl sites for hydroxylation is 2. The van der Waals surface area contributed by atoms with Crippen LogP contribution in [-0.2, 0) is 23.7 Å². The first kappa shape index (κ1) is 24.2. The van der Waals surface area contributed by atoms with Gasteiger partial charge in [0.25, 0.3) is 0 Å². The number of benzene rings is 2. The molecule has 0 bridgehead atoms. The molecule has 0 radical (unpaired) electrons. The van der Waals surface area contributed by atoms with Gasteiger partial charge in [-0.3, -0.25) is 23.6 Å². The van der Waals surface area contributed by atoms with Crippen molar-refractivity contribution in [1.82, 2.24) is 19.4 Å². The molecule has 3 aromatic rings. The van der Waals surface area contributed by atoms with E-state index in [0.29, 0.717) is 18.5 Å². The van der Waals surface area contributed by atoms with Crippen LogP contribution >= 0.6 is 0 Å². The van der Waals surface area contributed by atoms with Gasteiger partial charge in [-0.1, -0.05) is 18.6 Å². The number of aromatic nitrogens is 2. The fourth-order valence-electron chi connectivity index (χ4n) is 6.03. The Morgan fingerprint density at radius 3 is 2.56 bits per heavy atom. The van der Waals surface area contributed by atoms with Crippen LogP contribution in [0.25, 0.3) is 11.0 Å². The van der Waals surface area contributed by atoms with Gasteiger partial charge in [0.1, 0.15) is 5.82 Å². The number of hydrogen-bond acceptors (Lipinski definition) is 4. The summed E-state index contributed by atoms with van der Waals surface area (Å²) < 4.78 is 16.8. The third-order valence-corrected chi connectivity index (χ3v) is 7.85. The highest BCUT2D eigenvalue weighted by Gasteiger charge is 2.50. The Labute approximate surface area is 209 Å². The molecule has 0 aliphatic carbocycles. The Balaban J connectivity index is 1.43. The average Bonchev–Trinajstić information content (AvgIpc) is 3.21. The van der Waals surface area contributed by atoms with E-state index in [0.717, 1.165) is 35.9 Å². The van der Waals surface area contributed by atoms with Crippen molar-refractivity contribution in [2.45, 2.75) is 56.7 Å². The number of hydrogen-bond donors (Lipinski definition) is 2. The number of rotatable bonds is 4. The van der Waals surface area contributed by atoms with Gasteiger partial charge < -0.3 is 10.6 Å². The summed E-state index contributed by atoms with van der Waals surface area (Å²) in [6.45, 7) is 2.18. The maximum Gasteiger partial charge on any atom is 0.328 e. The van der Waals surface area contributed by atoms with Crippen molar-refractivity contribution in [2.24, 2.45) is 14.1 Å². The van der Waals surface area contributed by atoms with Crippen LogP contribution in [0.4, 0.5) is 10.1 Å². The van der Waals surface area contributed by atoms with Crippen molar-refractivity contribution in [3.8, 4) is 0 Å². The maximum atomic E-state index is 13.7. The van der Waals surface area contributed by atoms with E-state index >= 15 is 0 Å². The highest BCUT2D eigenvalue weighted by atomic mass is 19.1. The van der Waals surface area contributed by atoms with Crippen molar-refractivity contribution in [3.63, 3.8) is 0 Å². The van der Waals surface area contributed by atoms with Gasteiger partial charge in [0.05, 0.1) is 23.1 Å². The van der Waals surface area contributed by atoms with Crippen LogP contribution in [0, 0.1) is 5.82 Å². The lowest BCUT2D eigenvalue weighted by atomic mass is 9.85. The van der Waals surface area contributed by atoms with E-state index in [9.17, 15) is 18.8 Å². The minimum Gasteiger partial charge on any atom is -0.349 e. The van der Waals surface area contributed by atoms with E-state index < -0.39 is 5.54 Å². The lowest BCUT2D eigenvalue weighted by Gasteiger charge is -2.38. The number of carbonyl (C=O) groups excluding carboxylic acids is 2. The molecule has 2 saturated heterocycles. The first-order valence-electron chi connectivity index (χ1n) is 12.4. The van der Waals surface area contributed by atoms with Gasteiger partial charge in [-0.15, -0.1) is 0 Å². The summed E-state index contributed by atoms with van der Waals surface area (Å²) in [5, 5.41) is 6.22. The number of fused-ring (bicyclic) bond motifs is 2. The molecule has 3 atom stereocenters. The SMILES string of the molecule is Cn1c(=O)n(C)c2cc(NC(=O)CN3[C@H]4CCCCC(=O)N[C@@]4(C)C[C@H]3c3ccc(F)cc3)ccc21. The molecule has 2 aliphatic heterocycles. The largest absolute Gasteiger partial charge is 0.349 e. The quantitative estimate of drug-likeness (QED) is 0.584. The molecule has 9 heteroatoms. The van der Waals surface area contributed by atoms with Crippen LogP contribution in [0.1, 0.15) is 50.6 Å². The number of halogens is 1. The number of nitrogens with one attached hydrogen (secondary N) is 2. The molecular formula is C27H32FN5O3. The Morgan fingerprint density at radius 1 is 1.08 bits per heavy atom. The third kappa shape index (κ3) is 4.32. The van der Waals surface area contributed by atoms with Crippen molar-refractivity contribution in [3.05, 3.63) is 64.3 Å². The van der Waals surface area contributed by atoms with Crippen molar-refractivity contribution in [2.75, 3.05) is 11.9 Å². The number of imidazole rings is 1. The molecule has 36 heavy (non-hydrogen) atoms. The van der Waals surface area contributed by atoms with Crippen LogP contribution in [0.2, 0.25) is 0 Å². The summed E-state index contributed by atoms with van der Waals surface area (Å²) >= 11 is 0. The number of anilines is 1. The van der Waals surface area contributed by atoms with E-state index in [2.05, 4.69) is 22.5 Å². The van der Waals surface area contributed by atoms with Gasteiger partial charge in [-0.25, -0.2) is 9.18 Å². The summed E-state index contributed by atoms with van der Waals surface area (Å²) in [5.41, 5.74) is 2.45. The zero-order chi connectivity index (χ0) is 25.6. The summed E-state index contributed by atoms with van der Waals surface area (Å²) in [6.07, 6.45) is 3.73. The Hall–Kier alpha value is -3.46. The molecule has 2 amide bonds. The summed E-state index contributed by atoms with van der Waals surface area (Å²) in [6, 6.07) is 11.7. The molecule has 2 aliphatic rings. The van der Waals surface area contributed by atoms with Crippen LogP contribution in [0.3, 0.4) is 0 Å². The molecule has 0 saturated carbocycles. The second kappa shape index (κ2) is 9.20. The van der Waals surface area contributed by atoms with Gasteiger partial charge in [0, 0.05) is 38.3 Å². The van der Waals surface area contributed by atoms with E-state index in [1.165, 1.54) is 12.1 Å². The van der Waals surface area contributed by atoms with E-state index in [1.54, 1.807) is 47.5 Å². The molecular weight excluding hydrogens is 461 g/mol. The second-order valence-corrected chi connectivity index (χ2v) is 10.3. The van der Waals surface area contributed by atoms with Crippen molar-refractivity contribution >= 4 is 28.5 Å². The fourth-order valence-corrected chi connectivity index (χ4v) is 6.03. The first-order valence-corrected chi connectivity index (χ1v) is 12.4. The Morgan fingerprint density at radius 2 is 1.81 bits per heavy atom. The van der Waals surface area contributed by atoms with Gasteiger partial charge in [-0.05, 0) is 62.1 Å². The third-order valence-electron chi connectivity index (χ3n) is 7.85. The number of carbonyl (C=O) groups is 2. The minimum atomic E-state index is -0.488. The van der Waals surface area contributed by atoms with E-state index in [-0.39, 0.29) is 41.9 Å². The molecule has 5 rings (SSSR count). The molecule has 1 aromatic heterocycles. The topological polar surface area (TPSA) is 88.4 Å². The van der Waals surface area contributed by atoms with Gasteiger partial charge in [0.15, 0.2) is 0 Å². The van der Waals surface area contributed by atoms with Gasteiger partial charge in [0.2, 0.25) is 11.8 Å². The number of likely N-dealkylation sites (tertiary alicyclic amines) is 1. The van der Waals surface area contributed by atoms with Crippen LogP contribution in [0.15, 0.2) is 47.3 Å². The smallest absolute Gasteiger partial charge is 0.328 e. The lowest BCUT2D eigenvalue weighted by molar-refractivity contribution is -0.123. The average molecular weight is 494 g/mol. The fraction of sp³-hybridized carbons (Fsp3) is 0.444. The predicted octanol–water partition coefficient (Wildman–Crippen LogP) is 3.22. The molecule has 2 N–H and O–H groups in total. The molecule has 190 valence electrons. The van der Waals surface area contributed by atoms with Gasteiger partial charge in [-0.2, -0.15) is 0 Å². The Bertz CT molecular complexity index is 1380. The second-order valence-electron chi connectivity index (χ2n) is 10.3. The van der Waals surface area contributed by atoms with Gasteiger partial charge >= 0.3 is 5.69 Å². The highest BCUT2D eigenvalue weighted by molar-refractivity contribution is 5.94. The zero-order valence-electron chi connectivity index (χ0n) is 20.9. The molecule has 2 fully saturated rings. The summed E-state index contributed by atoms with van der Waals surface area (Å²) in [4.78, 5) is 40.3. The number of nitrogens with zero attached hydrogens (tertiary/aromatic N) is 3. The maximum absolute atomic E-state index is 13.7. The normalized spacial score (nSPS) is 24.7. The van der Waals surface area contributed by atoms with Crippen molar-refractivity contribution in [1.29, 1.82) is 0 Å². The molecule has 0 unspecified atom stereocenters. The van der Waals surface area contributed by atoms with E-state index in [4.69, 9.17) is 0 Å². The Kier molecular flexibility index (Phi) is 6.20. The highest BCUT2D eigenvalue weighted by Crippen LogP contribution is 2.44. The molecule has 3 heterocycles. The standard InChI is InChI=1S/C27H32FN5O3/c1-27-15-22(17-8-10-18(28)11-9-17)33(23(27)6-4-5-7-24(34)30-27)16-25(35)29-19-12-13-20-21(14-19)32(3)26(36)31(20)2/h8-14,22-23H,4-7,15-16H2,1-3H3,(H,29,35)(H,30,34)/t22-,23-,27-/m0/s1. The molecule has 8 nitrogen and oxygen atoms in total. The number of amides is 2. The summed E-state index contributed by atoms with van der Waals surface area (Å²) in [7, 11) is 3.42. The lowest BCUT2D eigenvalue weighted by Crippen LogP contribution is -2.56. The monoisotopic (exact) mass is 493 g/mol. The van der Waals surface area contributed by atoms with E-state index in [1.807, 2.05) is 6.07 Å². The predicted molar refractivity (Wildman–Crippen MR) is 136 cm³/mol. The summed E-state index contributed by atoms with van der Waals surface area (Å²) in [5.74, 6) is -0.453. The van der Waals surface area contributed by atoms with Crippen LogP contribution < -0.4 is 16.3 Å². The van der Waals surface area contributed by atoms with Crippen LogP contribution in [0.5, 0.6) is 0 Å². The van der Waals surface area contributed by atoms with Crippen LogP contribution in [-0.4, -0.2) is 44.0 Å². The first-order chi connectivity index (χ1) is 17.2. The zero-order valence-corrected chi connectivity index (χ0v) is 20.9. The molecule has 2 aromatic carbocycles. The molecule has 0 spiro atoms. The minimum absolute atomic E-state index is 0.0278.